The second-order valence-electron chi connectivity index (χ2n) is 6.92. The molecule has 0 amide bonds. The molecule has 30 heavy (non-hydrogen) atoms. The van der Waals surface area contributed by atoms with E-state index in [4.69, 9.17) is 0 Å². The summed E-state index contributed by atoms with van der Waals surface area (Å²) in [6, 6.07) is 7.46. The maximum atomic E-state index is 12.3. The van der Waals surface area contributed by atoms with E-state index in [0.29, 0.717) is 32.0 Å². The van der Waals surface area contributed by atoms with Crippen molar-refractivity contribution >= 4 is 21.6 Å². The van der Waals surface area contributed by atoms with E-state index in [0.717, 1.165) is 15.6 Å². The van der Waals surface area contributed by atoms with Crippen LogP contribution >= 0.6 is 0 Å². The van der Waals surface area contributed by atoms with Crippen molar-refractivity contribution in [2.45, 2.75) is 12.9 Å². The summed E-state index contributed by atoms with van der Waals surface area (Å²) in [5.41, 5.74) is 1.94. The first kappa shape index (κ1) is 22.1. The Bertz CT molecular complexity index is 968. The molecule has 2 aromatic rings. The number of nitrogens with one attached hydrogen (secondary N) is 1. The fraction of sp³-hybridized carbons (Fsp3) is 0.389. The summed E-state index contributed by atoms with van der Waals surface area (Å²) in [7, 11) is -0.791. The molecular formula is C18H22F3N5O3S. The quantitative estimate of drug-likeness (QED) is 0.706. The number of halogens is 3. The van der Waals surface area contributed by atoms with E-state index in [-0.39, 0.29) is 5.75 Å². The zero-order chi connectivity index (χ0) is 21.9. The van der Waals surface area contributed by atoms with Gasteiger partial charge in [-0.05, 0) is 35.9 Å². The second kappa shape index (κ2) is 8.66. The minimum Gasteiger partial charge on any atom is -0.406 e. The van der Waals surface area contributed by atoms with Gasteiger partial charge in [-0.1, -0.05) is 0 Å². The molecule has 1 saturated heterocycles. The average Bonchev–Trinajstić information content (AvgIpc) is 3.11. The van der Waals surface area contributed by atoms with Gasteiger partial charge in [-0.25, -0.2) is 0 Å². The third-order valence-corrected chi connectivity index (χ3v) is 5.96. The number of rotatable bonds is 7. The van der Waals surface area contributed by atoms with Gasteiger partial charge in [0.25, 0.3) is 0 Å². The Labute approximate surface area is 173 Å². The van der Waals surface area contributed by atoms with Gasteiger partial charge in [-0.15, -0.1) is 13.2 Å². The first-order valence-corrected chi connectivity index (χ1v) is 10.4. The van der Waals surface area contributed by atoms with Gasteiger partial charge >= 0.3 is 16.6 Å². The second-order valence-corrected chi connectivity index (χ2v) is 8.81. The fourth-order valence-corrected chi connectivity index (χ4v) is 3.61. The lowest BCUT2D eigenvalue weighted by Gasteiger charge is -2.22. The molecule has 0 atom stereocenters. The SMILES string of the molecule is CN(C)S(=O)(=O)Nc1cnccc1CN1CCN(c2ccc(OC(F)(F)F)cc2)C1. The van der Waals surface area contributed by atoms with Crippen molar-refractivity contribution < 1.29 is 26.3 Å². The molecule has 1 aliphatic heterocycles. The monoisotopic (exact) mass is 445 g/mol. The summed E-state index contributed by atoms with van der Waals surface area (Å²) in [5, 5.41) is 0. The lowest BCUT2D eigenvalue weighted by atomic mass is 10.2. The van der Waals surface area contributed by atoms with Crippen molar-refractivity contribution in [3.63, 3.8) is 0 Å². The van der Waals surface area contributed by atoms with Crippen LogP contribution in [0.2, 0.25) is 0 Å². The van der Waals surface area contributed by atoms with E-state index >= 15 is 0 Å². The number of benzene rings is 1. The fourth-order valence-electron chi connectivity index (χ4n) is 2.97. The smallest absolute Gasteiger partial charge is 0.406 e. The summed E-state index contributed by atoms with van der Waals surface area (Å²) < 4.78 is 68.6. The molecule has 1 aromatic carbocycles. The van der Waals surface area contributed by atoms with E-state index in [1.165, 1.54) is 32.4 Å². The van der Waals surface area contributed by atoms with Gasteiger partial charge in [0.05, 0.1) is 18.6 Å². The van der Waals surface area contributed by atoms with Crippen molar-refractivity contribution in [3.05, 3.63) is 48.3 Å². The molecule has 0 bridgehead atoms. The molecule has 1 aliphatic rings. The minimum atomic E-state index is -4.72. The number of ether oxygens (including phenoxy) is 1. The first-order chi connectivity index (χ1) is 14.0. The first-order valence-electron chi connectivity index (χ1n) is 9.00. The minimum absolute atomic E-state index is 0.267. The zero-order valence-electron chi connectivity index (χ0n) is 16.4. The van der Waals surface area contributed by atoms with E-state index in [9.17, 15) is 21.6 Å². The van der Waals surface area contributed by atoms with Gasteiger partial charge in [0.1, 0.15) is 5.75 Å². The summed E-state index contributed by atoms with van der Waals surface area (Å²) in [5.74, 6) is -0.267. The number of aromatic nitrogens is 1. The molecule has 0 saturated carbocycles. The Kier molecular flexibility index (Phi) is 6.38. The molecular weight excluding hydrogens is 423 g/mol. The molecule has 12 heteroatoms. The van der Waals surface area contributed by atoms with Crippen molar-refractivity contribution in [1.82, 2.24) is 14.2 Å². The molecule has 2 heterocycles. The highest BCUT2D eigenvalue weighted by molar-refractivity contribution is 7.90. The normalized spacial score (nSPS) is 15.6. The van der Waals surface area contributed by atoms with Gasteiger partial charge < -0.3 is 9.64 Å². The van der Waals surface area contributed by atoms with E-state index < -0.39 is 16.6 Å². The van der Waals surface area contributed by atoms with Gasteiger partial charge in [-0.3, -0.25) is 14.6 Å². The van der Waals surface area contributed by atoms with Gasteiger partial charge in [0.15, 0.2) is 0 Å². The van der Waals surface area contributed by atoms with Gasteiger partial charge in [-0.2, -0.15) is 12.7 Å². The van der Waals surface area contributed by atoms with Crippen LogP contribution in [0.25, 0.3) is 0 Å². The number of pyridine rings is 1. The van der Waals surface area contributed by atoms with Crippen molar-refractivity contribution in [2.75, 3.05) is 43.5 Å². The zero-order valence-corrected chi connectivity index (χ0v) is 17.2. The highest BCUT2D eigenvalue weighted by atomic mass is 32.2. The van der Waals surface area contributed by atoms with Crippen molar-refractivity contribution in [3.8, 4) is 5.75 Å². The topological polar surface area (TPSA) is 78.0 Å². The van der Waals surface area contributed by atoms with E-state index in [1.807, 2.05) is 4.90 Å². The van der Waals surface area contributed by atoms with Crippen LogP contribution in [-0.2, 0) is 16.8 Å². The number of alkyl halides is 3. The number of nitrogens with zero attached hydrogens (tertiary/aromatic N) is 4. The molecule has 1 aromatic heterocycles. The number of hydrogen-bond acceptors (Lipinski definition) is 6. The summed E-state index contributed by atoms with van der Waals surface area (Å²) >= 11 is 0. The maximum absolute atomic E-state index is 12.3. The summed E-state index contributed by atoms with van der Waals surface area (Å²) in [6.07, 6.45) is -1.66. The van der Waals surface area contributed by atoms with Crippen LogP contribution < -0.4 is 14.4 Å². The van der Waals surface area contributed by atoms with Crippen LogP contribution in [0.3, 0.4) is 0 Å². The van der Waals surface area contributed by atoms with Crippen LogP contribution in [0, 0.1) is 0 Å². The van der Waals surface area contributed by atoms with Crippen LogP contribution in [0.4, 0.5) is 24.5 Å². The van der Waals surface area contributed by atoms with Crippen molar-refractivity contribution in [1.29, 1.82) is 0 Å². The average molecular weight is 445 g/mol. The van der Waals surface area contributed by atoms with Crippen LogP contribution in [0.15, 0.2) is 42.7 Å². The maximum Gasteiger partial charge on any atom is 0.573 e. The molecule has 164 valence electrons. The molecule has 0 unspecified atom stereocenters. The lowest BCUT2D eigenvalue weighted by Crippen LogP contribution is -2.30. The molecule has 1 fully saturated rings. The van der Waals surface area contributed by atoms with Crippen LogP contribution in [-0.4, -0.2) is 62.8 Å². The molecule has 1 N–H and O–H groups in total. The standard InChI is InChI=1S/C18H22F3N5O3S/c1-24(2)30(27,28)23-17-11-22-8-7-14(17)12-25-9-10-26(13-25)15-3-5-16(6-4-15)29-18(19,20)21/h3-8,11,23H,9-10,12-13H2,1-2H3. The largest absolute Gasteiger partial charge is 0.573 e. The van der Waals surface area contributed by atoms with Crippen molar-refractivity contribution in [2.24, 2.45) is 0 Å². The van der Waals surface area contributed by atoms with Crippen LogP contribution in [0.5, 0.6) is 5.75 Å². The number of hydrogen-bond donors (Lipinski definition) is 1. The molecule has 8 nitrogen and oxygen atoms in total. The molecule has 0 aliphatic carbocycles. The Balaban J connectivity index is 1.64. The Morgan fingerprint density at radius 3 is 2.50 bits per heavy atom. The molecule has 3 rings (SSSR count). The van der Waals surface area contributed by atoms with E-state index in [1.54, 1.807) is 24.4 Å². The Morgan fingerprint density at radius 1 is 1.17 bits per heavy atom. The van der Waals surface area contributed by atoms with E-state index in [2.05, 4.69) is 19.3 Å². The summed E-state index contributed by atoms with van der Waals surface area (Å²) in [4.78, 5) is 8.11. The third kappa shape index (κ3) is 5.74. The van der Waals surface area contributed by atoms with Crippen LogP contribution in [0.1, 0.15) is 5.56 Å². The molecule has 0 radical (unpaired) electrons. The highest BCUT2D eigenvalue weighted by Crippen LogP contribution is 2.27. The summed E-state index contributed by atoms with van der Waals surface area (Å²) in [6.45, 7) is 2.42. The lowest BCUT2D eigenvalue weighted by molar-refractivity contribution is -0.274. The van der Waals surface area contributed by atoms with Gasteiger partial charge in [0.2, 0.25) is 0 Å². The highest BCUT2D eigenvalue weighted by Gasteiger charge is 2.31. The van der Waals surface area contributed by atoms with Gasteiger partial charge in [0, 0.05) is 45.6 Å². The predicted octanol–water partition coefficient (Wildman–Crippen LogP) is 2.48. The molecule has 0 spiro atoms. The Hall–Kier alpha value is -2.57. The number of anilines is 2. The predicted molar refractivity (Wildman–Crippen MR) is 106 cm³/mol. The third-order valence-electron chi connectivity index (χ3n) is 4.52. The Morgan fingerprint density at radius 2 is 1.87 bits per heavy atom.